The number of hydrogen-bond donors (Lipinski definition) is 2. The molecule has 0 unspecified atom stereocenters. The Bertz CT molecular complexity index is 872. The fraction of sp³-hybridized carbons (Fsp3) is 0.545. The predicted octanol–water partition coefficient (Wildman–Crippen LogP) is 4.00. The monoisotopic (exact) mass is 528 g/mol. The molecule has 0 aliphatic carbocycles. The smallest absolute Gasteiger partial charge is 0.213 e. The summed E-state index contributed by atoms with van der Waals surface area (Å²) in [5.41, 5.74) is 0.987. The van der Waals surface area contributed by atoms with E-state index in [2.05, 4.69) is 67.4 Å². The Hall–Kier alpha value is -1.97. The van der Waals surface area contributed by atoms with Crippen molar-refractivity contribution in [3.05, 3.63) is 41.6 Å². The van der Waals surface area contributed by atoms with E-state index >= 15 is 0 Å². The van der Waals surface area contributed by atoms with Gasteiger partial charge >= 0.3 is 0 Å². The lowest BCUT2D eigenvalue weighted by Crippen LogP contribution is -2.43. The molecule has 2 heterocycles. The number of aromatic nitrogens is 1. The fourth-order valence-corrected chi connectivity index (χ4v) is 2.99. The van der Waals surface area contributed by atoms with Gasteiger partial charge in [0.1, 0.15) is 19.0 Å². The summed E-state index contributed by atoms with van der Waals surface area (Å²) < 4.78 is 17.2. The number of hydrogen-bond acceptors (Lipinski definition) is 5. The third-order valence-corrected chi connectivity index (χ3v) is 4.94. The van der Waals surface area contributed by atoms with Gasteiger partial charge in [-0.2, -0.15) is 0 Å². The molecule has 0 bridgehead atoms. The molecule has 0 radical (unpaired) electrons. The first-order valence-electron chi connectivity index (χ1n) is 9.99. The summed E-state index contributed by atoms with van der Waals surface area (Å²) in [5, 5.41) is 6.66. The average Bonchev–Trinajstić information content (AvgIpc) is 3.17. The van der Waals surface area contributed by atoms with Crippen molar-refractivity contribution >= 4 is 29.9 Å². The van der Waals surface area contributed by atoms with E-state index in [9.17, 15) is 0 Å². The maximum Gasteiger partial charge on any atom is 0.213 e. The first kappa shape index (κ1) is 24.3. The number of benzene rings is 1. The zero-order valence-electron chi connectivity index (χ0n) is 18.7. The number of rotatable bonds is 5. The summed E-state index contributed by atoms with van der Waals surface area (Å²) in [6, 6.07) is 6.13. The number of fused-ring (bicyclic) bond motifs is 1. The molecule has 1 aromatic heterocycles. The molecular formula is C22H33IN4O3. The van der Waals surface area contributed by atoms with Gasteiger partial charge in [-0.1, -0.05) is 40.7 Å². The van der Waals surface area contributed by atoms with Crippen molar-refractivity contribution in [3.8, 4) is 11.5 Å². The lowest BCUT2D eigenvalue weighted by molar-refractivity contribution is 0.171. The van der Waals surface area contributed by atoms with Gasteiger partial charge < -0.3 is 24.5 Å². The predicted molar refractivity (Wildman–Crippen MR) is 129 cm³/mol. The molecular weight excluding hydrogens is 495 g/mol. The summed E-state index contributed by atoms with van der Waals surface area (Å²) in [7, 11) is 1.75. The van der Waals surface area contributed by atoms with Crippen LogP contribution in [0.2, 0.25) is 0 Å². The average molecular weight is 528 g/mol. The highest BCUT2D eigenvalue weighted by molar-refractivity contribution is 14.0. The van der Waals surface area contributed by atoms with Crippen molar-refractivity contribution in [1.29, 1.82) is 0 Å². The highest BCUT2D eigenvalue weighted by Crippen LogP contribution is 2.34. The minimum atomic E-state index is -0.129. The zero-order valence-corrected chi connectivity index (χ0v) is 21.0. The Labute approximate surface area is 196 Å². The molecule has 0 saturated carbocycles. The van der Waals surface area contributed by atoms with Crippen LogP contribution in [0.4, 0.5) is 0 Å². The molecule has 7 nitrogen and oxygen atoms in total. The maximum absolute atomic E-state index is 5.83. The van der Waals surface area contributed by atoms with E-state index in [1.807, 2.05) is 6.07 Å². The number of ether oxygens (including phenoxy) is 2. The minimum Gasteiger partial charge on any atom is -0.486 e. The van der Waals surface area contributed by atoms with Crippen LogP contribution in [0.3, 0.4) is 0 Å². The van der Waals surface area contributed by atoms with E-state index in [1.165, 1.54) is 5.56 Å². The minimum absolute atomic E-state index is 0. The Morgan fingerprint density at radius 2 is 1.77 bits per heavy atom. The molecule has 1 aromatic carbocycles. The molecule has 166 valence electrons. The van der Waals surface area contributed by atoms with Gasteiger partial charge in [0, 0.05) is 24.4 Å². The van der Waals surface area contributed by atoms with E-state index in [0.717, 1.165) is 17.3 Å². The second-order valence-corrected chi connectivity index (χ2v) is 8.89. The van der Waals surface area contributed by atoms with Gasteiger partial charge in [0.25, 0.3) is 0 Å². The molecule has 0 saturated heterocycles. The Morgan fingerprint density at radius 1 is 1.07 bits per heavy atom. The van der Waals surface area contributed by atoms with Crippen molar-refractivity contribution in [2.24, 2.45) is 4.99 Å². The number of aliphatic imine (C=N–C) groups is 1. The Balaban J connectivity index is 0.00000320. The van der Waals surface area contributed by atoms with Crippen LogP contribution in [-0.2, 0) is 17.4 Å². The van der Waals surface area contributed by atoms with Crippen LogP contribution in [0.5, 0.6) is 11.5 Å². The van der Waals surface area contributed by atoms with E-state index in [0.29, 0.717) is 38.2 Å². The quantitative estimate of drug-likeness (QED) is 0.347. The zero-order chi connectivity index (χ0) is 21.1. The first-order valence-corrected chi connectivity index (χ1v) is 9.99. The molecule has 30 heavy (non-hydrogen) atoms. The van der Waals surface area contributed by atoms with Gasteiger partial charge in [0.15, 0.2) is 17.5 Å². The van der Waals surface area contributed by atoms with Gasteiger partial charge in [-0.05, 0) is 17.7 Å². The molecule has 0 amide bonds. The first-order chi connectivity index (χ1) is 13.7. The van der Waals surface area contributed by atoms with Crippen LogP contribution >= 0.6 is 24.0 Å². The van der Waals surface area contributed by atoms with Crippen LogP contribution in [0.15, 0.2) is 33.8 Å². The normalized spacial score (nSPS) is 14.1. The molecule has 0 fully saturated rings. The standard InChI is InChI=1S/C22H32N4O3.HI/c1-21(2,3)18-12-24-19(29-18)13-25-20(23-6)26-14-22(4,5)15-7-8-16-17(11-15)28-10-9-27-16;/h7-8,11-12H,9-10,13-14H2,1-6H3,(H2,23,25,26);1H. The molecule has 2 N–H and O–H groups in total. The van der Waals surface area contributed by atoms with Gasteiger partial charge in [-0.15, -0.1) is 24.0 Å². The lowest BCUT2D eigenvalue weighted by Gasteiger charge is -2.28. The summed E-state index contributed by atoms with van der Waals surface area (Å²) >= 11 is 0. The topological polar surface area (TPSA) is 80.9 Å². The fourth-order valence-electron chi connectivity index (χ4n) is 2.99. The van der Waals surface area contributed by atoms with E-state index in [-0.39, 0.29) is 34.8 Å². The summed E-state index contributed by atoms with van der Waals surface area (Å²) in [6.45, 7) is 13.0. The van der Waals surface area contributed by atoms with E-state index < -0.39 is 0 Å². The molecule has 8 heteroatoms. The number of guanidine groups is 1. The van der Waals surface area contributed by atoms with E-state index in [1.54, 1.807) is 13.2 Å². The van der Waals surface area contributed by atoms with Crippen molar-refractivity contribution < 1.29 is 13.9 Å². The van der Waals surface area contributed by atoms with Crippen LogP contribution in [0, 0.1) is 0 Å². The summed E-state index contributed by atoms with van der Waals surface area (Å²) in [5.74, 6) is 3.83. The number of halogens is 1. The Morgan fingerprint density at radius 3 is 2.40 bits per heavy atom. The largest absolute Gasteiger partial charge is 0.486 e. The number of oxazole rings is 1. The SMILES string of the molecule is CN=C(NCc1ncc(C(C)(C)C)o1)NCC(C)(C)c1ccc2c(c1)OCCO2.I. The second kappa shape index (κ2) is 9.89. The number of nitrogens with one attached hydrogen (secondary N) is 2. The highest BCUT2D eigenvalue weighted by Gasteiger charge is 2.24. The molecule has 1 aliphatic heterocycles. The van der Waals surface area contributed by atoms with Crippen molar-refractivity contribution in [2.45, 2.75) is 52.0 Å². The van der Waals surface area contributed by atoms with Crippen LogP contribution < -0.4 is 20.1 Å². The third-order valence-electron chi connectivity index (χ3n) is 4.94. The molecule has 3 rings (SSSR count). The van der Waals surface area contributed by atoms with Gasteiger partial charge in [-0.25, -0.2) is 4.98 Å². The lowest BCUT2D eigenvalue weighted by atomic mass is 9.84. The second-order valence-electron chi connectivity index (χ2n) is 8.89. The van der Waals surface area contributed by atoms with Crippen LogP contribution in [-0.4, -0.2) is 37.7 Å². The van der Waals surface area contributed by atoms with Crippen molar-refractivity contribution in [2.75, 3.05) is 26.8 Å². The highest BCUT2D eigenvalue weighted by atomic mass is 127. The van der Waals surface area contributed by atoms with Crippen LogP contribution in [0.25, 0.3) is 0 Å². The van der Waals surface area contributed by atoms with Gasteiger partial charge in [0.05, 0.1) is 12.7 Å². The third kappa shape index (κ3) is 6.02. The van der Waals surface area contributed by atoms with Crippen molar-refractivity contribution in [1.82, 2.24) is 15.6 Å². The molecule has 0 atom stereocenters. The summed E-state index contributed by atoms with van der Waals surface area (Å²) in [6.07, 6.45) is 1.79. The van der Waals surface area contributed by atoms with Crippen LogP contribution in [0.1, 0.15) is 51.8 Å². The molecule has 0 spiro atoms. The van der Waals surface area contributed by atoms with Gasteiger partial charge in [-0.3, -0.25) is 4.99 Å². The number of nitrogens with zero attached hydrogens (tertiary/aromatic N) is 2. The van der Waals surface area contributed by atoms with Crippen molar-refractivity contribution in [3.63, 3.8) is 0 Å². The maximum atomic E-state index is 5.83. The van der Waals surface area contributed by atoms with E-state index in [4.69, 9.17) is 13.9 Å². The molecule has 1 aliphatic rings. The molecule has 2 aromatic rings. The summed E-state index contributed by atoms with van der Waals surface area (Å²) in [4.78, 5) is 8.65. The Kier molecular flexibility index (Phi) is 8.01. The van der Waals surface area contributed by atoms with Gasteiger partial charge in [0.2, 0.25) is 5.89 Å².